The van der Waals surface area contributed by atoms with Crippen molar-refractivity contribution in [3.8, 4) is 0 Å². The second kappa shape index (κ2) is 10.8. The minimum absolute atomic E-state index is 0.00145. The van der Waals surface area contributed by atoms with Crippen LogP contribution in [0.3, 0.4) is 0 Å². The summed E-state index contributed by atoms with van der Waals surface area (Å²) < 4.78 is 7.88. The summed E-state index contributed by atoms with van der Waals surface area (Å²) in [7, 11) is 3.75. The molecule has 1 aromatic carbocycles. The highest BCUT2D eigenvalue weighted by Gasteiger charge is 2.27. The van der Waals surface area contributed by atoms with E-state index < -0.39 is 0 Å². The van der Waals surface area contributed by atoms with E-state index in [2.05, 4.69) is 10.3 Å². The Morgan fingerprint density at radius 3 is 2.72 bits per heavy atom. The van der Waals surface area contributed by atoms with Crippen LogP contribution in [0, 0.1) is 5.92 Å². The minimum Gasteiger partial charge on any atom is -0.370 e. The zero-order chi connectivity index (χ0) is 25.1. The second-order valence-corrected chi connectivity index (χ2v) is 10.1. The van der Waals surface area contributed by atoms with Crippen LogP contribution in [0.5, 0.6) is 0 Å². The SMILES string of the molecule is CN(CCc1ccccn1)C(=O)c1cc(NC(=O)CC2CCCC2)cc2nc([C@H]3CCCO3)n(C)c12. The van der Waals surface area contributed by atoms with Crippen molar-refractivity contribution in [3.63, 3.8) is 0 Å². The summed E-state index contributed by atoms with van der Waals surface area (Å²) in [6, 6.07) is 9.48. The maximum absolute atomic E-state index is 13.7. The molecular formula is C28H35N5O3. The van der Waals surface area contributed by atoms with Crippen molar-refractivity contribution < 1.29 is 14.3 Å². The molecule has 190 valence electrons. The van der Waals surface area contributed by atoms with Crippen LogP contribution in [0.4, 0.5) is 5.69 Å². The highest BCUT2D eigenvalue weighted by atomic mass is 16.5. The van der Waals surface area contributed by atoms with Gasteiger partial charge in [0.25, 0.3) is 5.91 Å². The summed E-state index contributed by atoms with van der Waals surface area (Å²) in [6.07, 6.45) is 9.41. The summed E-state index contributed by atoms with van der Waals surface area (Å²) in [6.45, 7) is 1.25. The highest BCUT2D eigenvalue weighted by Crippen LogP contribution is 2.33. The molecule has 1 aliphatic heterocycles. The van der Waals surface area contributed by atoms with Gasteiger partial charge in [0.1, 0.15) is 11.9 Å². The maximum atomic E-state index is 13.7. The second-order valence-electron chi connectivity index (χ2n) is 10.1. The third kappa shape index (κ3) is 5.28. The Bertz CT molecular complexity index is 1230. The maximum Gasteiger partial charge on any atom is 0.255 e. The van der Waals surface area contributed by atoms with Gasteiger partial charge in [-0.05, 0) is 55.9 Å². The standard InChI is InChI=1S/C28H35N5O3/c1-32(14-12-20-10-5-6-13-29-20)28(35)22-17-21(30-25(34)16-19-8-3-4-9-19)18-23-26(22)33(2)27(31-23)24-11-7-15-36-24/h5-6,10,13,17-19,24H,3-4,7-9,11-12,14-16H2,1-2H3,(H,30,34)/t24-/m1/s1. The predicted octanol–water partition coefficient (Wildman–Crippen LogP) is 4.65. The number of nitrogens with zero attached hydrogens (tertiary/aromatic N) is 4. The van der Waals surface area contributed by atoms with Crippen molar-refractivity contribution in [3.05, 3.63) is 53.6 Å². The average molecular weight is 490 g/mol. The van der Waals surface area contributed by atoms with E-state index in [0.29, 0.717) is 42.1 Å². The van der Waals surface area contributed by atoms with Crippen molar-refractivity contribution in [2.75, 3.05) is 25.5 Å². The lowest BCUT2D eigenvalue weighted by atomic mass is 10.0. The topological polar surface area (TPSA) is 89.3 Å². The molecule has 2 aliphatic rings. The molecule has 36 heavy (non-hydrogen) atoms. The van der Waals surface area contributed by atoms with E-state index in [0.717, 1.165) is 49.3 Å². The average Bonchev–Trinajstić information content (AvgIpc) is 3.65. The molecule has 0 spiro atoms. The van der Waals surface area contributed by atoms with Crippen molar-refractivity contribution in [1.29, 1.82) is 0 Å². The number of aromatic nitrogens is 3. The zero-order valence-electron chi connectivity index (χ0n) is 21.2. The smallest absolute Gasteiger partial charge is 0.255 e. The lowest BCUT2D eigenvalue weighted by Gasteiger charge is -2.19. The molecule has 0 bridgehead atoms. The number of imidazole rings is 1. The van der Waals surface area contributed by atoms with Gasteiger partial charge >= 0.3 is 0 Å². The first kappa shape index (κ1) is 24.4. The van der Waals surface area contributed by atoms with Gasteiger partial charge in [0.15, 0.2) is 0 Å². The number of benzene rings is 1. The number of aryl methyl sites for hydroxylation is 1. The van der Waals surface area contributed by atoms with Gasteiger partial charge in [0.05, 0.1) is 16.6 Å². The number of rotatable bonds is 8. The van der Waals surface area contributed by atoms with Crippen molar-refractivity contribution >= 4 is 28.5 Å². The summed E-state index contributed by atoms with van der Waals surface area (Å²) >= 11 is 0. The van der Waals surface area contributed by atoms with Crippen LogP contribution < -0.4 is 5.32 Å². The fourth-order valence-corrected chi connectivity index (χ4v) is 5.50. The molecule has 1 aliphatic carbocycles. The van der Waals surface area contributed by atoms with E-state index in [4.69, 9.17) is 9.72 Å². The van der Waals surface area contributed by atoms with Gasteiger partial charge in [-0.3, -0.25) is 14.6 Å². The van der Waals surface area contributed by atoms with E-state index >= 15 is 0 Å². The third-order valence-electron chi connectivity index (χ3n) is 7.46. The molecule has 1 atom stereocenters. The van der Waals surface area contributed by atoms with Crippen molar-refractivity contribution in [2.45, 2.75) is 57.5 Å². The van der Waals surface area contributed by atoms with Crippen LogP contribution in [0.2, 0.25) is 0 Å². The van der Waals surface area contributed by atoms with E-state index in [1.165, 1.54) is 12.8 Å². The number of amides is 2. The van der Waals surface area contributed by atoms with E-state index in [-0.39, 0.29) is 17.9 Å². The first-order chi connectivity index (χ1) is 17.5. The molecule has 1 saturated heterocycles. The summed E-state index contributed by atoms with van der Waals surface area (Å²) in [4.78, 5) is 37.5. The summed E-state index contributed by atoms with van der Waals surface area (Å²) in [5.74, 6) is 1.17. The first-order valence-corrected chi connectivity index (χ1v) is 13.1. The molecular weight excluding hydrogens is 454 g/mol. The summed E-state index contributed by atoms with van der Waals surface area (Å²) in [5.41, 5.74) is 3.55. The number of carbonyl (C=O) groups excluding carboxylic acids is 2. The van der Waals surface area contributed by atoms with E-state index in [9.17, 15) is 9.59 Å². The molecule has 5 rings (SSSR count). The zero-order valence-corrected chi connectivity index (χ0v) is 21.2. The Morgan fingerprint density at radius 1 is 1.17 bits per heavy atom. The molecule has 8 heteroatoms. The molecule has 0 radical (unpaired) electrons. The number of pyridine rings is 1. The molecule has 0 unspecified atom stereocenters. The number of ether oxygens (including phenoxy) is 1. The van der Waals surface area contributed by atoms with Gasteiger partial charge in [0.2, 0.25) is 5.91 Å². The van der Waals surface area contributed by atoms with Crippen molar-refractivity contribution in [1.82, 2.24) is 19.4 Å². The van der Waals surface area contributed by atoms with Crippen LogP contribution in [0.1, 0.15) is 72.9 Å². The minimum atomic E-state index is -0.107. The molecule has 1 N–H and O–H groups in total. The Kier molecular flexibility index (Phi) is 7.32. The monoisotopic (exact) mass is 489 g/mol. The molecule has 3 aromatic rings. The lowest BCUT2D eigenvalue weighted by molar-refractivity contribution is -0.117. The van der Waals surface area contributed by atoms with E-state index in [1.54, 1.807) is 24.2 Å². The van der Waals surface area contributed by atoms with Crippen LogP contribution >= 0.6 is 0 Å². The number of anilines is 1. The number of hydrogen-bond acceptors (Lipinski definition) is 5. The largest absolute Gasteiger partial charge is 0.370 e. The Hall–Kier alpha value is -3.26. The normalized spacial score (nSPS) is 18.1. The number of likely N-dealkylation sites (N-methyl/N-ethyl adjacent to an activating group) is 1. The predicted molar refractivity (Wildman–Crippen MR) is 139 cm³/mol. The lowest BCUT2D eigenvalue weighted by Crippen LogP contribution is -2.29. The molecule has 8 nitrogen and oxygen atoms in total. The molecule has 1 saturated carbocycles. The third-order valence-corrected chi connectivity index (χ3v) is 7.46. The van der Waals surface area contributed by atoms with Crippen LogP contribution in [0.15, 0.2) is 36.5 Å². The number of fused-ring (bicyclic) bond motifs is 1. The van der Waals surface area contributed by atoms with Crippen LogP contribution in [-0.2, 0) is 23.0 Å². The Labute approximate surface area is 212 Å². The fourth-order valence-electron chi connectivity index (χ4n) is 5.50. The highest BCUT2D eigenvalue weighted by molar-refractivity contribution is 6.07. The number of carbonyl (C=O) groups is 2. The quantitative estimate of drug-likeness (QED) is 0.497. The fraction of sp³-hybridized carbons (Fsp3) is 0.500. The van der Waals surface area contributed by atoms with Gasteiger partial charge < -0.3 is 19.5 Å². The van der Waals surface area contributed by atoms with E-state index in [1.807, 2.05) is 35.9 Å². The molecule has 2 fully saturated rings. The van der Waals surface area contributed by atoms with Crippen molar-refractivity contribution in [2.24, 2.45) is 13.0 Å². The van der Waals surface area contributed by atoms with Crippen LogP contribution in [-0.4, -0.2) is 51.4 Å². The Balaban J connectivity index is 1.44. The van der Waals surface area contributed by atoms with Gasteiger partial charge in [-0.1, -0.05) is 18.9 Å². The number of hydrogen-bond donors (Lipinski definition) is 1. The number of nitrogens with one attached hydrogen (secondary N) is 1. The summed E-state index contributed by atoms with van der Waals surface area (Å²) in [5, 5.41) is 3.05. The Morgan fingerprint density at radius 2 is 2.00 bits per heavy atom. The molecule has 3 heterocycles. The van der Waals surface area contributed by atoms with Gasteiger partial charge in [-0.2, -0.15) is 0 Å². The first-order valence-electron chi connectivity index (χ1n) is 13.1. The van der Waals surface area contributed by atoms with Gasteiger partial charge in [-0.15, -0.1) is 0 Å². The van der Waals surface area contributed by atoms with Gasteiger partial charge in [-0.25, -0.2) is 4.98 Å². The molecule has 2 amide bonds. The van der Waals surface area contributed by atoms with Crippen LogP contribution in [0.25, 0.3) is 11.0 Å². The molecule has 2 aromatic heterocycles. The van der Waals surface area contributed by atoms with Gasteiger partial charge in [0, 0.05) is 57.7 Å².